The lowest BCUT2D eigenvalue weighted by atomic mass is 10.4. The van der Waals surface area contributed by atoms with Crippen LogP contribution in [-0.4, -0.2) is 11.7 Å². The molecule has 0 saturated carbocycles. The summed E-state index contributed by atoms with van der Waals surface area (Å²) in [4.78, 5) is 2.41. The van der Waals surface area contributed by atoms with E-state index in [-0.39, 0.29) is 5.48 Å². The smallest absolute Gasteiger partial charge is 0.00702 e. The molecule has 0 aliphatic heterocycles. The average Bonchev–Trinajstić information content (AvgIpc) is 2.31. The van der Waals surface area contributed by atoms with Crippen LogP contribution in [-0.2, 0) is 0 Å². The maximum atomic E-state index is 6.67. The molecular formula is C13H15ClOS. The van der Waals surface area contributed by atoms with Gasteiger partial charge in [-0.3, -0.25) is 0 Å². The maximum absolute atomic E-state index is 6.67. The Morgan fingerprint density at radius 3 is 1.38 bits per heavy atom. The van der Waals surface area contributed by atoms with Crippen molar-refractivity contribution in [2.75, 3.05) is 6.26 Å². The molecule has 0 bridgehead atoms. The predicted octanol–water partition coefficient (Wildman–Crippen LogP) is 3.87. The van der Waals surface area contributed by atoms with Crippen molar-refractivity contribution in [3.05, 3.63) is 60.7 Å². The molecule has 0 atom stereocenters. The van der Waals surface area contributed by atoms with Crippen LogP contribution >= 0.6 is 19.9 Å². The lowest BCUT2D eigenvalue weighted by Crippen LogP contribution is -1.91. The van der Waals surface area contributed by atoms with Gasteiger partial charge in [0, 0.05) is 9.79 Å². The molecule has 0 aromatic heterocycles. The van der Waals surface area contributed by atoms with Crippen LogP contribution in [0.5, 0.6) is 0 Å². The molecule has 0 heterocycles. The molecular weight excluding hydrogens is 240 g/mol. The van der Waals surface area contributed by atoms with Crippen LogP contribution in [0.2, 0.25) is 0 Å². The summed E-state index contributed by atoms with van der Waals surface area (Å²) in [5.74, 6) is 0. The molecule has 0 spiro atoms. The summed E-state index contributed by atoms with van der Waals surface area (Å²) in [6.07, 6.45) is 2.11. The second-order valence-electron chi connectivity index (χ2n) is 3.45. The highest BCUT2D eigenvalue weighted by Crippen LogP contribution is 2.63. The summed E-state index contributed by atoms with van der Waals surface area (Å²) in [6, 6.07) is 20.5. The standard InChI is InChI=1S/C13H13ClS.H2O/c1-15(14,12-8-4-2-5-9-12)13-10-6-3-7-11-13;/h2-11H,1H3;1H2. The number of hydrogen-bond acceptors (Lipinski definition) is 0. The summed E-state index contributed by atoms with van der Waals surface area (Å²) in [5.41, 5.74) is 0. The Hall–Kier alpha value is -0.960. The van der Waals surface area contributed by atoms with Gasteiger partial charge >= 0.3 is 0 Å². The zero-order chi connectivity index (χ0) is 10.7. The van der Waals surface area contributed by atoms with E-state index in [1.54, 1.807) is 0 Å². The Morgan fingerprint density at radius 2 is 1.06 bits per heavy atom. The first kappa shape index (κ1) is 13.1. The van der Waals surface area contributed by atoms with Gasteiger partial charge < -0.3 is 5.48 Å². The summed E-state index contributed by atoms with van der Waals surface area (Å²) in [7, 11) is 5.30. The van der Waals surface area contributed by atoms with Crippen LogP contribution in [0.4, 0.5) is 0 Å². The Kier molecular flexibility index (Phi) is 4.42. The highest BCUT2D eigenvalue weighted by Gasteiger charge is 2.19. The van der Waals surface area contributed by atoms with E-state index in [4.69, 9.17) is 10.7 Å². The van der Waals surface area contributed by atoms with E-state index < -0.39 is 9.24 Å². The van der Waals surface area contributed by atoms with E-state index in [1.807, 2.05) is 36.4 Å². The number of rotatable bonds is 2. The van der Waals surface area contributed by atoms with Crippen molar-refractivity contribution >= 4 is 19.9 Å². The molecule has 2 N–H and O–H groups in total. The third kappa shape index (κ3) is 2.59. The Morgan fingerprint density at radius 1 is 0.750 bits per heavy atom. The van der Waals surface area contributed by atoms with E-state index in [0.717, 1.165) is 0 Å². The SMILES string of the molecule is CS(Cl)(c1ccccc1)c1ccccc1.O. The van der Waals surface area contributed by atoms with Gasteiger partial charge in [0.15, 0.2) is 0 Å². The monoisotopic (exact) mass is 254 g/mol. The predicted molar refractivity (Wildman–Crippen MR) is 72.4 cm³/mol. The second kappa shape index (κ2) is 5.39. The minimum absolute atomic E-state index is 0. The molecule has 86 valence electrons. The van der Waals surface area contributed by atoms with Gasteiger partial charge in [-0.15, -0.1) is 9.24 Å². The number of hydrogen-bond donors (Lipinski definition) is 0. The van der Waals surface area contributed by atoms with Crippen molar-refractivity contribution in [3.63, 3.8) is 0 Å². The molecule has 2 aromatic carbocycles. The van der Waals surface area contributed by atoms with Crippen molar-refractivity contribution in [1.29, 1.82) is 0 Å². The first-order valence-corrected chi connectivity index (χ1v) is 7.66. The van der Waals surface area contributed by atoms with Gasteiger partial charge in [-0.2, -0.15) is 0 Å². The quantitative estimate of drug-likeness (QED) is 0.779. The molecule has 0 unspecified atom stereocenters. The van der Waals surface area contributed by atoms with E-state index in [2.05, 4.69) is 30.5 Å². The van der Waals surface area contributed by atoms with Gasteiger partial charge in [0.1, 0.15) is 0 Å². The molecule has 0 radical (unpaired) electrons. The minimum atomic E-state index is -1.37. The Labute approximate surface area is 102 Å². The average molecular weight is 255 g/mol. The normalized spacial score (nSPS) is 11.6. The fraction of sp³-hybridized carbons (Fsp3) is 0.0769. The summed E-state index contributed by atoms with van der Waals surface area (Å²) in [6.45, 7) is 0. The van der Waals surface area contributed by atoms with E-state index >= 15 is 0 Å². The highest BCUT2D eigenvalue weighted by molar-refractivity contribution is 8.50. The zero-order valence-electron chi connectivity index (χ0n) is 9.06. The van der Waals surface area contributed by atoms with Crippen LogP contribution in [0.1, 0.15) is 0 Å². The minimum Gasteiger partial charge on any atom is -0.412 e. The van der Waals surface area contributed by atoms with Crippen molar-refractivity contribution in [1.82, 2.24) is 0 Å². The van der Waals surface area contributed by atoms with Crippen molar-refractivity contribution in [2.24, 2.45) is 0 Å². The molecule has 2 aromatic rings. The Balaban J connectivity index is 0.00000128. The van der Waals surface area contributed by atoms with Crippen LogP contribution in [0.3, 0.4) is 0 Å². The molecule has 0 amide bonds. The molecule has 1 nitrogen and oxygen atoms in total. The molecule has 0 fully saturated rings. The summed E-state index contributed by atoms with van der Waals surface area (Å²) >= 11 is 0. The number of benzene rings is 2. The highest BCUT2D eigenvalue weighted by atomic mass is 35.7. The first-order valence-electron chi connectivity index (χ1n) is 4.79. The zero-order valence-corrected chi connectivity index (χ0v) is 10.6. The summed E-state index contributed by atoms with van der Waals surface area (Å²) in [5, 5.41) is 0. The van der Waals surface area contributed by atoms with Crippen molar-refractivity contribution in [3.8, 4) is 0 Å². The Bertz CT molecular complexity index is 387. The van der Waals surface area contributed by atoms with Crippen molar-refractivity contribution < 1.29 is 5.48 Å². The fourth-order valence-corrected chi connectivity index (χ4v) is 3.71. The van der Waals surface area contributed by atoms with E-state index in [0.29, 0.717) is 0 Å². The number of halogens is 1. The molecule has 0 aliphatic carbocycles. The van der Waals surface area contributed by atoms with Gasteiger partial charge in [0.2, 0.25) is 0 Å². The molecule has 3 heteroatoms. The lowest BCUT2D eigenvalue weighted by molar-refractivity contribution is 0.824. The van der Waals surface area contributed by atoms with E-state index in [9.17, 15) is 0 Å². The van der Waals surface area contributed by atoms with Gasteiger partial charge in [-0.25, -0.2) is 0 Å². The van der Waals surface area contributed by atoms with Gasteiger partial charge in [-0.05, 0) is 30.5 Å². The lowest BCUT2D eigenvalue weighted by Gasteiger charge is -2.28. The van der Waals surface area contributed by atoms with Gasteiger partial charge in [-0.1, -0.05) is 47.1 Å². The third-order valence-corrected chi connectivity index (χ3v) is 5.76. The van der Waals surface area contributed by atoms with Gasteiger partial charge in [0.05, 0.1) is 0 Å². The van der Waals surface area contributed by atoms with Crippen LogP contribution in [0, 0.1) is 0 Å². The van der Waals surface area contributed by atoms with Crippen LogP contribution < -0.4 is 0 Å². The van der Waals surface area contributed by atoms with Crippen LogP contribution in [0.25, 0.3) is 0 Å². The summed E-state index contributed by atoms with van der Waals surface area (Å²) < 4.78 is 0. The molecule has 0 saturated heterocycles. The van der Waals surface area contributed by atoms with Crippen LogP contribution in [0.15, 0.2) is 70.5 Å². The molecule has 0 aliphatic rings. The largest absolute Gasteiger partial charge is 0.412 e. The van der Waals surface area contributed by atoms with Gasteiger partial charge in [0.25, 0.3) is 0 Å². The molecule has 2 rings (SSSR count). The maximum Gasteiger partial charge on any atom is 0.00702 e. The fourth-order valence-electron chi connectivity index (χ4n) is 1.49. The van der Waals surface area contributed by atoms with E-state index in [1.165, 1.54) is 9.79 Å². The third-order valence-electron chi connectivity index (χ3n) is 2.37. The topological polar surface area (TPSA) is 31.5 Å². The molecule has 16 heavy (non-hydrogen) atoms. The first-order chi connectivity index (χ1) is 7.21. The second-order valence-corrected chi connectivity index (χ2v) is 7.88. The van der Waals surface area contributed by atoms with Crippen molar-refractivity contribution in [2.45, 2.75) is 9.79 Å².